The van der Waals surface area contributed by atoms with Gasteiger partial charge in [0.05, 0.1) is 12.3 Å². The second-order valence-corrected chi connectivity index (χ2v) is 6.28. The highest BCUT2D eigenvalue weighted by Gasteiger charge is 2.55. The Morgan fingerprint density at radius 2 is 2.06 bits per heavy atom. The Balaban J connectivity index is 2.22. The fourth-order valence-corrected chi connectivity index (χ4v) is 3.27. The summed E-state index contributed by atoms with van der Waals surface area (Å²) in [6.45, 7) is 0.136. The third-order valence-corrected chi connectivity index (χ3v) is 5.06. The van der Waals surface area contributed by atoms with Crippen LogP contribution in [0.15, 0.2) is 24.3 Å². The first-order valence-corrected chi connectivity index (χ1v) is 6.75. The molecule has 1 aliphatic rings. The Kier molecular flexibility index (Phi) is 3.09. The van der Waals surface area contributed by atoms with Crippen LogP contribution in [0.2, 0.25) is 0 Å². The lowest BCUT2D eigenvalue weighted by molar-refractivity contribution is 0.192. The summed E-state index contributed by atoms with van der Waals surface area (Å²) in [4.78, 5) is 0. The van der Waals surface area contributed by atoms with Gasteiger partial charge in [0.15, 0.2) is 0 Å². The quantitative estimate of drug-likeness (QED) is 0.876. The average Bonchev–Trinajstić information content (AvgIpc) is 3.03. The van der Waals surface area contributed by atoms with Crippen molar-refractivity contribution in [2.75, 3.05) is 18.4 Å². The number of hydrogen-bond donors (Lipinski definition) is 1. The van der Waals surface area contributed by atoms with Crippen LogP contribution in [0.4, 0.5) is 10.1 Å². The molecule has 4 nitrogen and oxygen atoms in total. The molecule has 0 spiro atoms. The van der Waals surface area contributed by atoms with E-state index in [-0.39, 0.29) is 12.3 Å². The summed E-state index contributed by atoms with van der Waals surface area (Å²) in [6.07, 6.45) is 1.09. The molecule has 1 aromatic carbocycles. The van der Waals surface area contributed by atoms with Gasteiger partial charge in [-0.15, -0.1) is 0 Å². The van der Waals surface area contributed by atoms with Gasteiger partial charge in [0.1, 0.15) is 10.6 Å². The molecule has 0 bridgehead atoms. The first-order chi connectivity index (χ1) is 8.01. The maximum Gasteiger partial charge on any atom is 0.240 e. The maximum absolute atomic E-state index is 13.4. The predicted molar refractivity (Wildman–Crippen MR) is 62.8 cm³/mol. The summed E-state index contributed by atoms with van der Waals surface area (Å²) in [5.74, 6) is -0.579. The SMILES string of the molecule is COCC1(S(=O)(=O)Nc2ccccc2F)CC1. The molecule has 0 amide bonds. The van der Waals surface area contributed by atoms with E-state index >= 15 is 0 Å². The predicted octanol–water partition coefficient (Wildman–Crippen LogP) is 1.75. The van der Waals surface area contributed by atoms with Crippen LogP contribution >= 0.6 is 0 Å². The van der Waals surface area contributed by atoms with Gasteiger partial charge in [-0.25, -0.2) is 12.8 Å². The Labute approximate surface area is 99.8 Å². The van der Waals surface area contributed by atoms with Crippen LogP contribution in [-0.2, 0) is 14.8 Å². The number of anilines is 1. The highest BCUT2D eigenvalue weighted by Crippen LogP contribution is 2.44. The molecule has 0 aliphatic heterocycles. The average molecular weight is 259 g/mol. The molecule has 1 N–H and O–H groups in total. The first kappa shape index (κ1) is 12.3. The number of halogens is 1. The molecule has 0 aromatic heterocycles. The van der Waals surface area contributed by atoms with Gasteiger partial charge in [0.2, 0.25) is 10.0 Å². The minimum Gasteiger partial charge on any atom is -0.383 e. The minimum atomic E-state index is -3.60. The van der Waals surface area contributed by atoms with Crippen LogP contribution in [-0.4, -0.2) is 26.9 Å². The smallest absolute Gasteiger partial charge is 0.240 e. The van der Waals surface area contributed by atoms with E-state index in [9.17, 15) is 12.8 Å². The van der Waals surface area contributed by atoms with Crippen molar-refractivity contribution in [3.63, 3.8) is 0 Å². The molecule has 94 valence electrons. The molecule has 6 heteroatoms. The van der Waals surface area contributed by atoms with Crippen molar-refractivity contribution in [2.45, 2.75) is 17.6 Å². The number of sulfonamides is 1. The standard InChI is InChI=1S/C11H14FNO3S/c1-16-8-11(6-7-11)17(14,15)13-10-5-3-2-4-9(10)12/h2-5,13H,6-8H2,1H3. The van der Waals surface area contributed by atoms with E-state index in [4.69, 9.17) is 4.74 Å². The second kappa shape index (κ2) is 4.27. The summed E-state index contributed by atoms with van der Waals surface area (Å²) in [5.41, 5.74) is -0.0186. The second-order valence-electron chi connectivity index (χ2n) is 4.20. The van der Waals surface area contributed by atoms with E-state index in [1.165, 1.54) is 25.3 Å². The maximum atomic E-state index is 13.4. The van der Waals surface area contributed by atoms with Crippen molar-refractivity contribution in [2.24, 2.45) is 0 Å². The lowest BCUT2D eigenvalue weighted by Gasteiger charge is -2.17. The molecule has 0 radical (unpaired) electrons. The summed E-state index contributed by atoms with van der Waals surface area (Å²) < 4.78 is 43.8. The van der Waals surface area contributed by atoms with Gasteiger partial charge in [-0.1, -0.05) is 12.1 Å². The van der Waals surface area contributed by atoms with Crippen molar-refractivity contribution >= 4 is 15.7 Å². The normalized spacial score (nSPS) is 17.8. The summed E-state index contributed by atoms with van der Waals surface area (Å²) in [5, 5.41) is 0. The van der Waals surface area contributed by atoms with Gasteiger partial charge in [-0.05, 0) is 25.0 Å². The summed E-state index contributed by atoms with van der Waals surface area (Å²) in [6, 6.07) is 5.70. The highest BCUT2D eigenvalue weighted by molar-refractivity contribution is 7.94. The molecule has 0 atom stereocenters. The van der Waals surface area contributed by atoms with Crippen molar-refractivity contribution < 1.29 is 17.5 Å². The zero-order valence-corrected chi connectivity index (χ0v) is 10.3. The van der Waals surface area contributed by atoms with Crippen LogP contribution < -0.4 is 4.72 Å². The summed E-state index contributed by atoms with van der Waals surface area (Å²) in [7, 11) is -2.14. The monoisotopic (exact) mass is 259 g/mol. The van der Waals surface area contributed by atoms with E-state index in [0.717, 1.165) is 0 Å². The van der Waals surface area contributed by atoms with Crippen molar-refractivity contribution in [1.29, 1.82) is 0 Å². The van der Waals surface area contributed by atoms with E-state index in [0.29, 0.717) is 12.8 Å². The van der Waals surface area contributed by atoms with Crippen LogP contribution in [0.1, 0.15) is 12.8 Å². The van der Waals surface area contributed by atoms with Crippen molar-refractivity contribution in [3.8, 4) is 0 Å². The molecule has 1 saturated carbocycles. The number of methoxy groups -OCH3 is 1. The number of ether oxygens (including phenoxy) is 1. The zero-order valence-electron chi connectivity index (χ0n) is 9.44. The van der Waals surface area contributed by atoms with E-state index in [1.807, 2.05) is 0 Å². The number of rotatable bonds is 5. The largest absolute Gasteiger partial charge is 0.383 e. The molecular weight excluding hydrogens is 245 g/mol. The molecule has 2 rings (SSSR count). The van der Waals surface area contributed by atoms with Gasteiger partial charge in [-0.3, -0.25) is 4.72 Å². The molecule has 1 fully saturated rings. The van der Waals surface area contributed by atoms with Gasteiger partial charge < -0.3 is 4.74 Å². The Bertz CT molecular complexity index is 511. The topological polar surface area (TPSA) is 55.4 Å². The lowest BCUT2D eigenvalue weighted by Crippen LogP contribution is -2.33. The fraction of sp³-hybridized carbons (Fsp3) is 0.455. The molecular formula is C11H14FNO3S. The van der Waals surface area contributed by atoms with Gasteiger partial charge in [0.25, 0.3) is 0 Å². The van der Waals surface area contributed by atoms with E-state index in [1.54, 1.807) is 6.07 Å². The van der Waals surface area contributed by atoms with Crippen LogP contribution in [0.3, 0.4) is 0 Å². The summed E-state index contributed by atoms with van der Waals surface area (Å²) >= 11 is 0. The molecule has 1 aliphatic carbocycles. The van der Waals surface area contributed by atoms with Gasteiger partial charge in [-0.2, -0.15) is 0 Å². The number of hydrogen-bond acceptors (Lipinski definition) is 3. The lowest BCUT2D eigenvalue weighted by atomic mass is 10.3. The van der Waals surface area contributed by atoms with Crippen LogP contribution in [0, 0.1) is 5.82 Å². The molecule has 0 heterocycles. The Hall–Kier alpha value is -1.14. The van der Waals surface area contributed by atoms with Gasteiger partial charge >= 0.3 is 0 Å². The first-order valence-electron chi connectivity index (χ1n) is 5.27. The van der Waals surface area contributed by atoms with Crippen molar-refractivity contribution in [1.82, 2.24) is 0 Å². The van der Waals surface area contributed by atoms with Crippen LogP contribution in [0.5, 0.6) is 0 Å². The highest BCUT2D eigenvalue weighted by atomic mass is 32.2. The zero-order chi connectivity index (χ0) is 12.5. The Morgan fingerprint density at radius 1 is 1.41 bits per heavy atom. The van der Waals surface area contributed by atoms with E-state index < -0.39 is 20.6 Å². The third kappa shape index (κ3) is 2.28. The molecule has 0 saturated heterocycles. The Morgan fingerprint density at radius 3 is 2.59 bits per heavy atom. The number of nitrogens with one attached hydrogen (secondary N) is 1. The molecule has 17 heavy (non-hydrogen) atoms. The van der Waals surface area contributed by atoms with Crippen molar-refractivity contribution in [3.05, 3.63) is 30.1 Å². The number of benzene rings is 1. The van der Waals surface area contributed by atoms with Crippen LogP contribution in [0.25, 0.3) is 0 Å². The third-order valence-electron chi connectivity index (χ3n) is 2.90. The molecule has 1 aromatic rings. The van der Waals surface area contributed by atoms with E-state index in [2.05, 4.69) is 4.72 Å². The minimum absolute atomic E-state index is 0.0186. The fourth-order valence-electron chi connectivity index (χ4n) is 1.69. The van der Waals surface area contributed by atoms with Gasteiger partial charge in [0, 0.05) is 7.11 Å². The molecule has 0 unspecified atom stereocenters. The number of para-hydroxylation sites is 1.